The van der Waals surface area contributed by atoms with Crippen molar-refractivity contribution in [1.29, 1.82) is 0 Å². The summed E-state index contributed by atoms with van der Waals surface area (Å²) in [7, 11) is 0. The van der Waals surface area contributed by atoms with E-state index in [9.17, 15) is 17.6 Å². The van der Waals surface area contributed by atoms with E-state index in [1.165, 1.54) is 88.5 Å². The monoisotopic (exact) mass is 626 g/mol. The molecule has 2 fully saturated rings. The van der Waals surface area contributed by atoms with Gasteiger partial charge in [-0.1, -0.05) is 38.5 Å². The van der Waals surface area contributed by atoms with Gasteiger partial charge in [-0.2, -0.15) is 12.2 Å². The van der Waals surface area contributed by atoms with Crippen molar-refractivity contribution in [3.8, 4) is 0 Å². The number of hydrogen-bond donors (Lipinski definition) is 2. The minimum Gasteiger partial charge on any atom is -0.434 e. The first-order valence-electron chi connectivity index (χ1n) is 15.2. The average molecular weight is 627 g/mol. The quantitative estimate of drug-likeness (QED) is 0.190. The molecule has 0 unspecified atom stereocenters. The first-order chi connectivity index (χ1) is 20.5. The van der Waals surface area contributed by atoms with Gasteiger partial charge in [0.2, 0.25) is 0 Å². The maximum absolute atomic E-state index is 13.2. The van der Waals surface area contributed by atoms with E-state index in [0.29, 0.717) is 23.2 Å². The van der Waals surface area contributed by atoms with Crippen molar-refractivity contribution in [3.05, 3.63) is 108 Å². The Morgan fingerprint density at radius 3 is 1.26 bits per heavy atom. The summed E-state index contributed by atoms with van der Waals surface area (Å²) < 4.78 is 51.7. The molecule has 2 saturated carbocycles. The Morgan fingerprint density at radius 2 is 0.977 bits per heavy atom. The molecule has 0 heterocycles. The number of benzene rings is 2. The molecule has 2 aromatic carbocycles. The summed E-state index contributed by atoms with van der Waals surface area (Å²) in [5.74, 6) is -1.32. The van der Waals surface area contributed by atoms with E-state index in [1.807, 2.05) is 36.4 Å². The SMILES string of the molecule is Fc1[c-]c(F)c(NCC2CCCCC2)cc1.Fc1[c-]c(F)c(NCC2CCCCC2)cc1.[C-]1=CC=CC1.[C-]1=CC=CC1.[Ti+4]. The third-order valence-electron chi connectivity index (χ3n) is 7.51. The molecule has 0 aliphatic heterocycles. The third-order valence-corrected chi connectivity index (χ3v) is 7.51. The van der Waals surface area contributed by atoms with Crippen LogP contribution < -0.4 is 10.6 Å². The molecule has 0 radical (unpaired) electrons. The molecule has 0 spiro atoms. The molecule has 6 rings (SSSR count). The van der Waals surface area contributed by atoms with Gasteiger partial charge in [0.05, 0.1) is 0 Å². The second-order valence-electron chi connectivity index (χ2n) is 10.8. The van der Waals surface area contributed by atoms with E-state index in [0.717, 1.165) is 25.9 Å². The van der Waals surface area contributed by atoms with Crippen LogP contribution in [0.25, 0.3) is 0 Å². The molecule has 7 heteroatoms. The van der Waals surface area contributed by atoms with Crippen molar-refractivity contribution in [1.82, 2.24) is 0 Å². The van der Waals surface area contributed by atoms with Crippen molar-refractivity contribution in [2.45, 2.75) is 77.0 Å². The predicted molar refractivity (Wildman–Crippen MR) is 164 cm³/mol. The smallest absolute Gasteiger partial charge is 0.434 e. The maximum Gasteiger partial charge on any atom is 4.00 e. The van der Waals surface area contributed by atoms with Crippen LogP contribution in [0.1, 0.15) is 77.0 Å². The van der Waals surface area contributed by atoms with E-state index in [2.05, 4.69) is 34.9 Å². The molecule has 0 aromatic heterocycles. The number of nitrogens with one attached hydrogen (secondary N) is 2. The molecule has 2 N–H and O–H groups in total. The fraction of sp³-hybridized carbons (Fsp3) is 0.444. The average Bonchev–Trinajstić information content (AvgIpc) is 3.78. The summed E-state index contributed by atoms with van der Waals surface area (Å²) in [4.78, 5) is 0. The zero-order valence-corrected chi connectivity index (χ0v) is 26.4. The summed E-state index contributed by atoms with van der Waals surface area (Å²) in [5, 5.41) is 6.07. The number of rotatable bonds is 6. The second-order valence-corrected chi connectivity index (χ2v) is 10.8. The molecular weight excluding hydrogens is 584 g/mol. The molecule has 0 bridgehead atoms. The van der Waals surface area contributed by atoms with Gasteiger partial charge in [-0.25, -0.2) is 41.9 Å². The van der Waals surface area contributed by atoms with Gasteiger partial charge in [0.1, 0.15) is 0 Å². The molecule has 4 aliphatic rings. The van der Waals surface area contributed by atoms with Gasteiger partial charge in [-0.15, -0.1) is 49.2 Å². The largest absolute Gasteiger partial charge is 4.00 e. The van der Waals surface area contributed by atoms with Gasteiger partial charge in [0, 0.05) is 36.4 Å². The van der Waals surface area contributed by atoms with Crippen molar-refractivity contribution in [2.24, 2.45) is 11.8 Å². The van der Waals surface area contributed by atoms with Crippen LogP contribution in [0.5, 0.6) is 0 Å². The van der Waals surface area contributed by atoms with Crippen molar-refractivity contribution in [2.75, 3.05) is 23.7 Å². The fourth-order valence-corrected chi connectivity index (χ4v) is 5.13. The van der Waals surface area contributed by atoms with Crippen LogP contribution in [0, 0.1) is 59.4 Å². The molecule has 0 amide bonds. The summed E-state index contributed by atoms with van der Waals surface area (Å²) in [5.41, 5.74) is 0.707. The van der Waals surface area contributed by atoms with Crippen LogP contribution in [0.4, 0.5) is 28.9 Å². The van der Waals surface area contributed by atoms with Gasteiger partial charge >= 0.3 is 21.7 Å². The molecule has 43 heavy (non-hydrogen) atoms. The summed E-state index contributed by atoms with van der Waals surface area (Å²) >= 11 is 0. The standard InChI is InChI=1S/2C13H16F2N.2C5H5.Ti/c2*14-11-6-7-13(12(15)8-11)16-9-10-4-2-1-3-5-10;2*1-2-4-5-3-1;/h2*6-7,10,16H,1-5,9H2;2*1-3H,4H2;/q4*-1;+4. The van der Waals surface area contributed by atoms with Crippen LogP contribution in [0.15, 0.2) is 60.7 Å². The van der Waals surface area contributed by atoms with Gasteiger partial charge in [0.15, 0.2) is 0 Å². The third kappa shape index (κ3) is 15.6. The predicted octanol–water partition coefficient (Wildman–Crippen LogP) is 10.1. The van der Waals surface area contributed by atoms with Gasteiger partial charge in [-0.3, -0.25) is 12.2 Å². The molecule has 228 valence electrons. The Kier molecular flexibility index (Phi) is 18.8. The number of anilines is 2. The first kappa shape index (κ1) is 36.6. The van der Waals surface area contributed by atoms with Crippen molar-refractivity contribution < 1.29 is 39.3 Å². The van der Waals surface area contributed by atoms with E-state index in [-0.39, 0.29) is 21.7 Å². The van der Waals surface area contributed by atoms with Crippen molar-refractivity contribution in [3.63, 3.8) is 0 Å². The Morgan fingerprint density at radius 1 is 0.581 bits per heavy atom. The Bertz CT molecular complexity index is 1050. The van der Waals surface area contributed by atoms with E-state index < -0.39 is 23.3 Å². The molecule has 2 nitrogen and oxygen atoms in total. The van der Waals surface area contributed by atoms with Gasteiger partial charge in [-0.05, 0) is 48.9 Å². The summed E-state index contributed by atoms with van der Waals surface area (Å²) in [6.07, 6.45) is 32.5. The van der Waals surface area contributed by atoms with E-state index in [1.54, 1.807) is 0 Å². The first-order valence-corrected chi connectivity index (χ1v) is 15.2. The molecular formula is C36H42F4N2Ti. The van der Waals surface area contributed by atoms with E-state index in [4.69, 9.17) is 0 Å². The topological polar surface area (TPSA) is 24.1 Å². The number of hydrogen-bond acceptors (Lipinski definition) is 2. The van der Waals surface area contributed by atoms with Gasteiger partial charge in [0.25, 0.3) is 0 Å². The minimum atomic E-state index is -0.652. The van der Waals surface area contributed by atoms with Gasteiger partial charge < -0.3 is 10.6 Å². The van der Waals surface area contributed by atoms with Crippen LogP contribution in [-0.2, 0) is 21.7 Å². The van der Waals surface area contributed by atoms with E-state index >= 15 is 0 Å². The molecule has 0 atom stereocenters. The Labute approximate surface area is 270 Å². The Balaban J connectivity index is 0.000000223. The summed E-state index contributed by atoms with van der Waals surface area (Å²) in [6.45, 7) is 1.55. The van der Waals surface area contributed by atoms with Crippen molar-refractivity contribution >= 4 is 11.4 Å². The molecule has 0 saturated heterocycles. The second kappa shape index (κ2) is 22.0. The van der Waals surface area contributed by atoms with Crippen LogP contribution in [0.2, 0.25) is 0 Å². The maximum atomic E-state index is 13.2. The number of allylic oxidation sites excluding steroid dienone is 8. The fourth-order valence-electron chi connectivity index (χ4n) is 5.13. The molecule has 2 aromatic rings. The molecule has 4 aliphatic carbocycles. The van der Waals surface area contributed by atoms with Crippen LogP contribution in [-0.4, -0.2) is 13.1 Å². The Hall–Kier alpha value is -2.57. The van der Waals surface area contributed by atoms with Crippen LogP contribution in [0.3, 0.4) is 0 Å². The summed E-state index contributed by atoms with van der Waals surface area (Å²) in [6, 6.07) is 9.39. The number of halogens is 4. The zero-order valence-electron chi connectivity index (χ0n) is 24.8. The normalized spacial score (nSPS) is 17.0. The zero-order chi connectivity index (χ0) is 29.8. The van der Waals surface area contributed by atoms with Crippen LogP contribution >= 0.6 is 0 Å². The minimum absolute atomic E-state index is 0.